The minimum Gasteiger partial charge on any atom is -0.398 e. The fourth-order valence-electron chi connectivity index (χ4n) is 3.41. The van der Waals surface area contributed by atoms with Crippen LogP contribution in [0.15, 0.2) is 30.3 Å². The summed E-state index contributed by atoms with van der Waals surface area (Å²) in [4.78, 5) is 26.1. The van der Waals surface area contributed by atoms with Crippen LogP contribution in [0.1, 0.15) is 45.2 Å². The number of fused-ring (bicyclic) bond motifs is 2. The third kappa shape index (κ3) is 3.40. The van der Waals surface area contributed by atoms with Gasteiger partial charge in [-0.25, -0.2) is 0 Å². The van der Waals surface area contributed by atoms with E-state index >= 15 is 0 Å². The number of nitrogens with one attached hydrogen (secondary N) is 1. The van der Waals surface area contributed by atoms with Crippen LogP contribution < -0.4 is 16.8 Å². The van der Waals surface area contributed by atoms with Gasteiger partial charge < -0.3 is 21.3 Å². The van der Waals surface area contributed by atoms with Gasteiger partial charge >= 0.3 is 0 Å². The van der Waals surface area contributed by atoms with E-state index in [2.05, 4.69) is 26.3 Å². The van der Waals surface area contributed by atoms with E-state index in [1.807, 2.05) is 0 Å². The summed E-state index contributed by atoms with van der Waals surface area (Å²) in [5, 5.41) is 3.32. The van der Waals surface area contributed by atoms with E-state index in [4.69, 9.17) is 11.5 Å². The first kappa shape index (κ1) is 18.9. The lowest BCUT2D eigenvalue weighted by molar-refractivity contribution is -0.888. The molecule has 5 N–H and O–H groups in total. The molecule has 2 aromatic carbocycles. The Morgan fingerprint density at radius 1 is 0.926 bits per heavy atom. The van der Waals surface area contributed by atoms with Gasteiger partial charge in [0.25, 0.3) is 0 Å². The average molecular weight is 367 g/mol. The van der Waals surface area contributed by atoms with Gasteiger partial charge in [0.1, 0.15) is 0 Å². The molecule has 0 aliphatic heterocycles. The summed E-state index contributed by atoms with van der Waals surface area (Å²) in [6, 6.07) is 8.38. The molecule has 0 unspecified atom stereocenters. The number of rotatable bonds is 6. The molecule has 0 saturated heterocycles. The molecule has 0 heterocycles. The van der Waals surface area contributed by atoms with Crippen LogP contribution in [0.4, 0.5) is 17.1 Å². The van der Waals surface area contributed by atoms with Crippen LogP contribution in [0.3, 0.4) is 0 Å². The topological polar surface area (TPSA) is 98.2 Å². The van der Waals surface area contributed by atoms with Crippen molar-refractivity contribution in [3.8, 4) is 0 Å². The highest BCUT2D eigenvalue weighted by molar-refractivity contribution is 6.33. The number of nitrogens with two attached hydrogens (primary N) is 2. The minimum atomic E-state index is -0.253. The summed E-state index contributed by atoms with van der Waals surface area (Å²) in [7, 11) is 4.37. The molecule has 0 bridgehead atoms. The number of hydrogen-bond donors (Lipinski definition) is 3. The highest BCUT2D eigenvalue weighted by atomic mass is 16.1. The molecule has 6 heteroatoms. The molecule has 1 aliphatic carbocycles. The number of nitrogen functional groups attached to an aromatic ring is 2. The quantitative estimate of drug-likeness (QED) is 0.353. The largest absolute Gasteiger partial charge is 0.398 e. The summed E-state index contributed by atoms with van der Waals surface area (Å²) in [6.07, 6.45) is 0.945. The molecule has 0 radical (unpaired) electrons. The number of ketones is 2. The van der Waals surface area contributed by atoms with Crippen LogP contribution >= 0.6 is 0 Å². The second kappa shape index (κ2) is 7.04. The Bertz CT molecular complexity index is 919. The van der Waals surface area contributed by atoms with Crippen LogP contribution in [0.25, 0.3) is 0 Å². The van der Waals surface area contributed by atoms with Crippen LogP contribution in [-0.2, 0) is 0 Å². The fourth-order valence-corrected chi connectivity index (χ4v) is 3.41. The smallest absolute Gasteiger partial charge is 0.198 e. The standard InChI is InChI=1S/C21H26N4O2/c1-4-25(2,3)12-6-11-24-16-10-9-15(23)18-19(16)21(27)17-13(20(18)26)7-5-8-14(17)22/h5,7-10H,4,6,11-12H2,1-3H3,(H4-,22,23,24,26,27)/p+1. The van der Waals surface area contributed by atoms with Crippen LogP contribution in [0.5, 0.6) is 0 Å². The van der Waals surface area contributed by atoms with Gasteiger partial charge in [-0.15, -0.1) is 0 Å². The summed E-state index contributed by atoms with van der Waals surface area (Å²) in [5.74, 6) is -0.506. The van der Waals surface area contributed by atoms with Gasteiger partial charge in [0.15, 0.2) is 11.6 Å². The van der Waals surface area contributed by atoms with E-state index in [0.717, 1.165) is 24.0 Å². The van der Waals surface area contributed by atoms with E-state index in [9.17, 15) is 9.59 Å². The Hall–Kier alpha value is -2.86. The van der Waals surface area contributed by atoms with Crippen molar-refractivity contribution in [1.82, 2.24) is 0 Å². The zero-order valence-electron chi connectivity index (χ0n) is 16.1. The number of hydrogen-bond acceptors (Lipinski definition) is 5. The lowest BCUT2D eigenvalue weighted by Gasteiger charge is -2.28. The summed E-state index contributed by atoms with van der Waals surface area (Å²) in [5.41, 5.74) is 14.5. The molecule has 142 valence electrons. The predicted molar refractivity (Wildman–Crippen MR) is 109 cm³/mol. The molecule has 6 nitrogen and oxygen atoms in total. The van der Waals surface area contributed by atoms with E-state index in [1.54, 1.807) is 30.3 Å². The molecule has 3 rings (SSSR count). The van der Waals surface area contributed by atoms with Crippen molar-refractivity contribution in [2.75, 3.05) is 50.5 Å². The molecule has 0 atom stereocenters. The van der Waals surface area contributed by atoms with Crippen LogP contribution in [-0.4, -0.2) is 49.8 Å². The van der Waals surface area contributed by atoms with Gasteiger partial charge in [0, 0.05) is 35.6 Å². The Morgan fingerprint density at radius 2 is 1.63 bits per heavy atom. The Labute approximate surface area is 159 Å². The SMILES string of the molecule is CC[N+](C)(C)CCCNc1ccc(N)c2c1C(=O)c1c(N)cccc1C2=O. The Kier molecular flexibility index (Phi) is 4.93. The van der Waals surface area contributed by atoms with Crippen LogP contribution in [0, 0.1) is 0 Å². The second-order valence-corrected chi connectivity index (χ2v) is 7.64. The maximum absolute atomic E-state index is 13.2. The molecule has 0 amide bonds. The zero-order chi connectivity index (χ0) is 19.8. The monoisotopic (exact) mass is 367 g/mol. The first-order chi connectivity index (χ1) is 12.8. The van der Waals surface area contributed by atoms with E-state index < -0.39 is 0 Å². The van der Waals surface area contributed by atoms with Crippen molar-refractivity contribution in [1.29, 1.82) is 0 Å². The highest BCUT2D eigenvalue weighted by Gasteiger charge is 2.34. The molecule has 1 aliphatic rings. The normalized spacial score (nSPS) is 13.3. The van der Waals surface area contributed by atoms with Crippen molar-refractivity contribution < 1.29 is 14.1 Å². The fraction of sp³-hybridized carbons (Fsp3) is 0.333. The minimum absolute atomic E-state index is 0.253. The van der Waals surface area contributed by atoms with Gasteiger partial charge in [-0.1, -0.05) is 12.1 Å². The molecular weight excluding hydrogens is 340 g/mol. The van der Waals surface area contributed by atoms with E-state index in [1.165, 1.54) is 0 Å². The van der Waals surface area contributed by atoms with Crippen LogP contribution in [0.2, 0.25) is 0 Å². The van der Waals surface area contributed by atoms with Crippen molar-refractivity contribution >= 4 is 28.6 Å². The zero-order valence-corrected chi connectivity index (χ0v) is 16.1. The van der Waals surface area contributed by atoms with Gasteiger partial charge in [0.2, 0.25) is 0 Å². The third-order valence-electron chi connectivity index (χ3n) is 5.37. The third-order valence-corrected chi connectivity index (χ3v) is 5.37. The van der Waals surface area contributed by atoms with Gasteiger partial charge in [-0.2, -0.15) is 0 Å². The molecule has 0 spiro atoms. The first-order valence-electron chi connectivity index (χ1n) is 9.23. The molecule has 2 aromatic rings. The highest BCUT2D eigenvalue weighted by Crippen LogP contribution is 2.37. The number of benzene rings is 2. The lowest BCUT2D eigenvalue weighted by Crippen LogP contribution is -2.40. The van der Waals surface area contributed by atoms with Crippen molar-refractivity contribution in [2.24, 2.45) is 0 Å². The van der Waals surface area contributed by atoms with Gasteiger partial charge in [-0.05, 0) is 25.1 Å². The predicted octanol–water partition coefficient (Wildman–Crippen LogP) is 2.52. The van der Waals surface area contributed by atoms with Crippen molar-refractivity contribution in [3.05, 3.63) is 52.6 Å². The number of anilines is 3. The number of carbonyl (C=O) groups is 2. The number of nitrogens with zero attached hydrogens (tertiary/aromatic N) is 1. The molecule has 0 aromatic heterocycles. The molecular formula is C21H27N4O2+. The number of carbonyl (C=O) groups excluding carboxylic acids is 2. The summed E-state index contributed by atoms with van der Waals surface area (Å²) >= 11 is 0. The van der Waals surface area contributed by atoms with Crippen molar-refractivity contribution in [2.45, 2.75) is 13.3 Å². The average Bonchev–Trinajstić information content (AvgIpc) is 2.64. The molecule has 0 fully saturated rings. The van der Waals surface area contributed by atoms with Gasteiger partial charge in [-0.3, -0.25) is 9.59 Å². The van der Waals surface area contributed by atoms with E-state index in [0.29, 0.717) is 34.7 Å². The Morgan fingerprint density at radius 3 is 2.33 bits per heavy atom. The molecule has 0 saturated carbocycles. The first-order valence-corrected chi connectivity index (χ1v) is 9.23. The van der Waals surface area contributed by atoms with Gasteiger partial charge in [0.05, 0.1) is 43.9 Å². The van der Waals surface area contributed by atoms with E-state index in [-0.39, 0.29) is 22.7 Å². The van der Waals surface area contributed by atoms with Crippen molar-refractivity contribution in [3.63, 3.8) is 0 Å². The maximum Gasteiger partial charge on any atom is 0.198 e. The number of quaternary nitrogens is 1. The molecule has 27 heavy (non-hydrogen) atoms. The lowest BCUT2D eigenvalue weighted by atomic mass is 9.81. The summed E-state index contributed by atoms with van der Waals surface area (Å²) in [6.45, 7) is 4.94. The maximum atomic E-state index is 13.2. The second-order valence-electron chi connectivity index (χ2n) is 7.64. The Balaban J connectivity index is 1.93. The summed E-state index contributed by atoms with van der Waals surface area (Å²) < 4.78 is 0.933.